The Balaban J connectivity index is 1.83. The number of benzene rings is 2. The molecule has 2 aromatic carbocycles. The molecule has 0 bridgehead atoms. The number of H-pyrrole nitrogens is 1. The summed E-state index contributed by atoms with van der Waals surface area (Å²) in [5, 5.41) is 0. The van der Waals surface area contributed by atoms with E-state index < -0.39 is 0 Å². The number of aromatic nitrogens is 2. The number of hydrogen-bond donors (Lipinski definition) is 1. The van der Waals surface area contributed by atoms with E-state index in [1.54, 1.807) is 43.5 Å². The number of rotatable bonds is 2. The maximum absolute atomic E-state index is 12.6. The molecule has 1 aliphatic rings. The molecule has 0 spiro atoms. The maximum atomic E-state index is 12.6. The zero-order chi connectivity index (χ0) is 16.0. The Bertz CT molecular complexity index is 887. The van der Waals surface area contributed by atoms with Crippen molar-refractivity contribution in [1.82, 2.24) is 9.97 Å². The number of imidazole rings is 1. The summed E-state index contributed by atoms with van der Waals surface area (Å²) in [7, 11) is 1.59. The normalized spacial score (nSPS) is 12.7. The molecule has 1 aliphatic carbocycles. The standard InChI is InChI=1S/C18H12N2O3/c1-23-11-8-6-10(7-9-11)18-19-14-15(20-18)17(22)13-5-3-2-4-12(13)16(14)21/h2-9H,1H3,(H,19,20). The first kappa shape index (κ1) is 13.5. The second-order valence-electron chi connectivity index (χ2n) is 5.24. The molecule has 112 valence electrons. The minimum Gasteiger partial charge on any atom is -0.497 e. The van der Waals surface area contributed by atoms with Gasteiger partial charge in [-0.05, 0) is 24.3 Å². The van der Waals surface area contributed by atoms with Crippen molar-refractivity contribution in [1.29, 1.82) is 0 Å². The van der Waals surface area contributed by atoms with Crippen LogP contribution in [0.15, 0.2) is 48.5 Å². The van der Waals surface area contributed by atoms with Crippen molar-refractivity contribution >= 4 is 11.6 Å². The first-order valence-corrected chi connectivity index (χ1v) is 7.12. The van der Waals surface area contributed by atoms with Crippen molar-refractivity contribution < 1.29 is 14.3 Å². The quantitative estimate of drug-likeness (QED) is 0.618. The van der Waals surface area contributed by atoms with Gasteiger partial charge >= 0.3 is 0 Å². The van der Waals surface area contributed by atoms with Crippen LogP contribution in [0.3, 0.4) is 0 Å². The Morgan fingerprint density at radius 2 is 1.57 bits per heavy atom. The molecule has 4 rings (SSSR count). The van der Waals surface area contributed by atoms with Crippen LogP contribution in [0, 0.1) is 0 Å². The number of carbonyl (C=O) groups excluding carboxylic acids is 2. The molecular weight excluding hydrogens is 292 g/mol. The zero-order valence-corrected chi connectivity index (χ0v) is 12.3. The molecular formula is C18H12N2O3. The van der Waals surface area contributed by atoms with Crippen LogP contribution >= 0.6 is 0 Å². The maximum Gasteiger partial charge on any atom is 0.214 e. The van der Waals surface area contributed by atoms with Crippen molar-refractivity contribution in [3.8, 4) is 17.1 Å². The number of fused-ring (bicyclic) bond motifs is 2. The van der Waals surface area contributed by atoms with E-state index in [1.807, 2.05) is 12.1 Å². The van der Waals surface area contributed by atoms with E-state index >= 15 is 0 Å². The molecule has 0 unspecified atom stereocenters. The number of ketones is 2. The molecule has 0 amide bonds. The SMILES string of the molecule is COc1ccc(-c2nc3c([nH]2)C(=O)c2ccccc2C3=O)cc1. The summed E-state index contributed by atoms with van der Waals surface area (Å²) in [6.45, 7) is 0. The second-order valence-corrected chi connectivity index (χ2v) is 5.24. The molecule has 1 N–H and O–H groups in total. The molecule has 1 heterocycles. The first-order valence-electron chi connectivity index (χ1n) is 7.12. The lowest BCUT2D eigenvalue weighted by atomic mass is 9.90. The average Bonchev–Trinajstić information content (AvgIpc) is 3.05. The summed E-state index contributed by atoms with van der Waals surface area (Å²) >= 11 is 0. The van der Waals surface area contributed by atoms with Crippen LogP contribution in [0.25, 0.3) is 11.4 Å². The number of nitrogens with one attached hydrogen (secondary N) is 1. The summed E-state index contributed by atoms with van der Waals surface area (Å²) in [5.41, 5.74) is 2.02. The number of nitrogens with zero attached hydrogens (tertiary/aromatic N) is 1. The van der Waals surface area contributed by atoms with Gasteiger partial charge in [-0.2, -0.15) is 0 Å². The fourth-order valence-corrected chi connectivity index (χ4v) is 2.73. The zero-order valence-electron chi connectivity index (χ0n) is 12.3. The lowest BCUT2D eigenvalue weighted by Crippen LogP contribution is -2.20. The van der Waals surface area contributed by atoms with Crippen molar-refractivity contribution in [3.05, 3.63) is 71.0 Å². The van der Waals surface area contributed by atoms with E-state index in [0.29, 0.717) is 17.0 Å². The van der Waals surface area contributed by atoms with Crippen LogP contribution in [0.5, 0.6) is 5.75 Å². The summed E-state index contributed by atoms with van der Waals surface area (Å²) in [6, 6.07) is 14.1. The molecule has 1 aromatic heterocycles. The molecule has 0 aliphatic heterocycles. The number of carbonyl (C=O) groups is 2. The van der Waals surface area contributed by atoms with Gasteiger partial charge < -0.3 is 9.72 Å². The van der Waals surface area contributed by atoms with Crippen LogP contribution in [0.4, 0.5) is 0 Å². The summed E-state index contributed by atoms with van der Waals surface area (Å²) in [4.78, 5) is 32.4. The molecule has 0 atom stereocenters. The minimum atomic E-state index is -0.230. The Labute approximate surface area is 131 Å². The highest BCUT2D eigenvalue weighted by atomic mass is 16.5. The smallest absolute Gasteiger partial charge is 0.214 e. The topological polar surface area (TPSA) is 72.0 Å². The highest BCUT2D eigenvalue weighted by Crippen LogP contribution is 2.28. The third-order valence-corrected chi connectivity index (χ3v) is 3.93. The van der Waals surface area contributed by atoms with Crippen LogP contribution in [0.2, 0.25) is 0 Å². The predicted octanol–water partition coefficient (Wildman–Crippen LogP) is 2.86. The fourth-order valence-electron chi connectivity index (χ4n) is 2.73. The third kappa shape index (κ3) is 1.97. The summed E-state index contributed by atoms with van der Waals surface area (Å²) < 4.78 is 5.12. The molecule has 5 heteroatoms. The van der Waals surface area contributed by atoms with E-state index in [2.05, 4.69) is 9.97 Å². The predicted molar refractivity (Wildman–Crippen MR) is 83.9 cm³/mol. The second kappa shape index (κ2) is 4.91. The Morgan fingerprint density at radius 1 is 0.913 bits per heavy atom. The molecule has 0 saturated carbocycles. The van der Waals surface area contributed by atoms with Crippen molar-refractivity contribution in [3.63, 3.8) is 0 Å². The van der Waals surface area contributed by atoms with Gasteiger partial charge in [0.25, 0.3) is 0 Å². The van der Waals surface area contributed by atoms with Crippen LogP contribution in [-0.4, -0.2) is 28.6 Å². The molecule has 0 fully saturated rings. The lowest BCUT2D eigenvalue weighted by molar-refractivity contribution is 0.0974. The van der Waals surface area contributed by atoms with Crippen molar-refractivity contribution in [2.45, 2.75) is 0 Å². The number of ether oxygens (including phenoxy) is 1. The lowest BCUT2D eigenvalue weighted by Gasteiger charge is -2.11. The number of aromatic amines is 1. The van der Waals surface area contributed by atoms with Gasteiger partial charge in [0.15, 0.2) is 0 Å². The van der Waals surface area contributed by atoms with Crippen LogP contribution in [0.1, 0.15) is 32.1 Å². The van der Waals surface area contributed by atoms with Gasteiger partial charge in [0.2, 0.25) is 11.6 Å². The van der Waals surface area contributed by atoms with Gasteiger partial charge in [0.05, 0.1) is 7.11 Å². The molecule has 23 heavy (non-hydrogen) atoms. The van der Waals surface area contributed by atoms with Crippen molar-refractivity contribution in [2.75, 3.05) is 7.11 Å². The van der Waals surface area contributed by atoms with Gasteiger partial charge in [-0.3, -0.25) is 9.59 Å². The molecule has 0 saturated heterocycles. The van der Waals surface area contributed by atoms with Crippen molar-refractivity contribution in [2.24, 2.45) is 0 Å². The molecule has 5 nitrogen and oxygen atoms in total. The van der Waals surface area contributed by atoms with Gasteiger partial charge in [0.1, 0.15) is 23.0 Å². The Morgan fingerprint density at radius 3 is 2.22 bits per heavy atom. The highest BCUT2D eigenvalue weighted by Gasteiger charge is 2.33. The van der Waals surface area contributed by atoms with Crippen LogP contribution < -0.4 is 4.74 Å². The van der Waals surface area contributed by atoms with E-state index in [0.717, 1.165) is 11.3 Å². The average molecular weight is 304 g/mol. The largest absolute Gasteiger partial charge is 0.497 e. The molecule has 3 aromatic rings. The fraction of sp³-hybridized carbons (Fsp3) is 0.0556. The van der Waals surface area contributed by atoms with E-state index in [4.69, 9.17) is 4.74 Å². The van der Waals surface area contributed by atoms with Crippen LogP contribution in [-0.2, 0) is 0 Å². The Hall–Kier alpha value is -3.21. The molecule has 0 radical (unpaired) electrons. The Kier molecular flexibility index (Phi) is 2.87. The van der Waals surface area contributed by atoms with E-state index in [9.17, 15) is 9.59 Å². The van der Waals surface area contributed by atoms with E-state index in [1.165, 1.54) is 0 Å². The number of hydrogen-bond acceptors (Lipinski definition) is 4. The third-order valence-electron chi connectivity index (χ3n) is 3.93. The summed E-state index contributed by atoms with van der Waals surface area (Å²) in [5.74, 6) is 0.783. The van der Waals surface area contributed by atoms with E-state index in [-0.39, 0.29) is 23.0 Å². The first-order chi connectivity index (χ1) is 11.2. The summed E-state index contributed by atoms with van der Waals surface area (Å²) in [6.07, 6.45) is 0. The monoisotopic (exact) mass is 304 g/mol. The highest BCUT2D eigenvalue weighted by molar-refractivity contribution is 6.27. The van der Waals surface area contributed by atoms with Gasteiger partial charge in [-0.1, -0.05) is 24.3 Å². The minimum absolute atomic E-state index is 0.180. The van der Waals surface area contributed by atoms with Gasteiger partial charge in [0, 0.05) is 16.7 Å². The number of methoxy groups -OCH3 is 1. The van der Waals surface area contributed by atoms with Gasteiger partial charge in [-0.25, -0.2) is 4.98 Å². The van der Waals surface area contributed by atoms with Gasteiger partial charge in [-0.15, -0.1) is 0 Å².